The van der Waals surface area contributed by atoms with E-state index in [1.807, 2.05) is 49.9 Å². The molecule has 152 valence electrons. The number of benzene rings is 1. The topological polar surface area (TPSA) is 76.6 Å². The number of nitrogens with one attached hydrogen (secondary N) is 1. The molecule has 1 aromatic heterocycles. The van der Waals surface area contributed by atoms with Gasteiger partial charge < -0.3 is 19.7 Å². The number of amides is 1. The Hall–Kier alpha value is -2.57. The number of ether oxygens (including phenoxy) is 2. The summed E-state index contributed by atoms with van der Waals surface area (Å²) in [7, 11) is 1.80. The Morgan fingerprint density at radius 1 is 1.21 bits per heavy atom. The molecule has 1 aromatic carbocycles. The minimum atomic E-state index is -0.488. The van der Waals surface area contributed by atoms with E-state index < -0.39 is 5.60 Å². The van der Waals surface area contributed by atoms with Crippen LogP contribution in [0, 0.1) is 0 Å². The summed E-state index contributed by atoms with van der Waals surface area (Å²) >= 11 is 0. The van der Waals surface area contributed by atoms with Gasteiger partial charge in [0.1, 0.15) is 5.60 Å². The van der Waals surface area contributed by atoms with Crippen LogP contribution in [0.25, 0.3) is 11.0 Å². The fourth-order valence-corrected chi connectivity index (χ4v) is 3.40. The number of nitrogens with zero attached hydrogens (tertiary/aromatic N) is 3. The van der Waals surface area contributed by atoms with Crippen LogP contribution >= 0.6 is 0 Å². The Balaban J connectivity index is 1.64. The first-order valence-corrected chi connectivity index (χ1v) is 9.94. The van der Waals surface area contributed by atoms with E-state index in [0.29, 0.717) is 18.3 Å². The molecule has 1 amide bonds. The summed E-state index contributed by atoms with van der Waals surface area (Å²) in [5.74, 6) is 1.10. The number of carbonyl (C=O) groups is 1. The van der Waals surface area contributed by atoms with E-state index in [2.05, 4.69) is 15.3 Å². The lowest BCUT2D eigenvalue weighted by molar-refractivity contribution is 0.00739. The molecule has 1 N–H and O–H groups in total. The maximum absolute atomic E-state index is 12.5. The number of hydrogen-bond donors (Lipinski definition) is 1. The Morgan fingerprint density at radius 2 is 1.93 bits per heavy atom. The van der Waals surface area contributed by atoms with Gasteiger partial charge in [-0.3, -0.25) is 0 Å². The number of piperidine rings is 1. The van der Waals surface area contributed by atoms with Crippen molar-refractivity contribution >= 4 is 22.9 Å². The highest BCUT2D eigenvalue weighted by molar-refractivity contribution is 5.77. The molecule has 1 aliphatic heterocycles. The summed E-state index contributed by atoms with van der Waals surface area (Å²) in [4.78, 5) is 23.5. The summed E-state index contributed by atoms with van der Waals surface area (Å²) in [6, 6.07) is 7.83. The Morgan fingerprint density at radius 3 is 2.61 bits per heavy atom. The summed E-state index contributed by atoms with van der Waals surface area (Å²) in [6.45, 7) is 6.88. The van der Waals surface area contributed by atoms with Crippen LogP contribution in [0.4, 0.5) is 10.6 Å². The molecule has 0 unspecified atom stereocenters. The zero-order valence-electron chi connectivity index (χ0n) is 17.2. The third-order valence-corrected chi connectivity index (χ3v) is 4.72. The van der Waals surface area contributed by atoms with Crippen molar-refractivity contribution in [2.45, 2.75) is 58.1 Å². The minimum Gasteiger partial charge on any atom is -0.475 e. The SMILES string of the molecule is CNc1nc2ccccc2nc1OCC[C@H]1CCCCN1C(=O)OC(C)(C)C. The zero-order chi connectivity index (χ0) is 20.1. The smallest absolute Gasteiger partial charge is 0.410 e. The average Bonchev–Trinajstić information content (AvgIpc) is 2.66. The molecule has 0 radical (unpaired) electrons. The van der Waals surface area contributed by atoms with Crippen molar-refractivity contribution in [1.29, 1.82) is 0 Å². The molecular weight excluding hydrogens is 356 g/mol. The Bertz CT molecular complexity index is 819. The zero-order valence-corrected chi connectivity index (χ0v) is 17.2. The highest BCUT2D eigenvalue weighted by Crippen LogP contribution is 2.25. The lowest BCUT2D eigenvalue weighted by Crippen LogP contribution is -2.46. The molecule has 0 spiro atoms. The largest absolute Gasteiger partial charge is 0.475 e. The van der Waals surface area contributed by atoms with E-state index in [9.17, 15) is 4.79 Å². The van der Waals surface area contributed by atoms with E-state index in [1.165, 1.54) is 0 Å². The molecule has 0 aliphatic carbocycles. The number of carbonyl (C=O) groups excluding carboxylic acids is 1. The second kappa shape index (κ2) is 8.63. The highest BCUT2D eigenvalue weighted by atomic mass is 16.6. The number of hydrogen-bond acceptors (Lipinski definition) is 6. The lowest BCUT2D eigenvalue weighted by atomic mass is 10.0. The average molecular weight is 386 g/mol. The Labute approximate surface area is 166 Å². The molecule has 7 heteroatoms. The number of fused-ring (bicyclic) bond motifs is 1. The van der Waals surface area contributed by atoms with Gasteiger partial charge in [-0.1, -0.05) is 12.1 Å². The first kappa shape index (κ1) is 20.2. The lowest BCUT2D eigenvalue weighted by Gasteiger charge is -2.36. The molecule has 0 saturated carbocycles. The fraction of sp³-hybridized carbons (Fsp3) is 0.571. The number of rotatable bonds is 5. The summed E-state index contributed by atoms with van der Waals surface area (Å²) in [5.41, 5.74) is 1.13. The Kier molecular flexibility index (Phi) is 6.21. The van der Waals surface area contributed by atoms with Crippen LogP contribution in [0.2, 0.25) is 0 Å². The van der Waals surface area contributed by atoms with Crippen molar-refractivity contribution in [3.05, 3.63) is 24.3 Å². The third-order valence-electron chi connectivity index (χ3n) is 4.72. The molecule has 1 atom stereocenters. The van der Waals surface area contributed by atoms with Gasteiger partial charge in [0, 0.05) is 26.1 Å². The molecule has 0 bridgehead atoms. The number of anilines is 1. The van der Waals surface area contributed by atoms with Crippen LogP contribution in [0.3, 0.4) is 0 Å². The quantitative estimate of drug-likeness (QED) is 0.829. The van der Waals surface area contributed by atoms with Crippen LogP contribution in [-0.2, 0) is 4.74 Å². The molecule has 1 saturated heterocycles. The van der Waals surface area contributed by atoms with Crippen LogP contribution in [0.1, 0.15) is 46.5 Å². The maximum atomic E-state index is 12.5. The van der Waals surface area contributed by atoms with Gasteiger partial charge in [-0.25, -0.2) is 14.8 Å². The van der Waals surface area contributed by atoms with Crippen molar-refractivity contribution in [2.75, 3.05) is 25.5 Å². The van der Waals surface area contributed by atoms with Gasteiger partial charge in [-0.05, 0) is 52.2 Å². The first-order chi connectivity index (χ1) is 13.4. The van der Waals surface area contributed by atoms with Gasteiger partial charge >= 0.3 is 6.09 Å². The predicted octanol–water partition coefficient (Wildman–Crippen LogP) is 4.23. The molecule has 1 aliphatic rings. The number of aromatic nitrogens is 2. The molecular formula is C21H30N4O3. The van der Waals surface area contributed by atoms with Crippen molar-refractivity contribution in [3.8, 4) is 5.88 Å². The maximum Gasteiger partial charge on any atom is 0.410 e. The first-order valence-electron chi connectivity index (χ1n) is 9.94. The number of para-hydroxylation sites is 2. The monoisotopic (exact) mass is 386 g/mol. The van der Waals surface area contributed by atoms with Gasteiger partial charge in [0.2, 0.25) is 0 Å². The van der Waals surface area contributed by atoms with Crippen molar-refractivity contribution in [2.24, 2.45) is 0 Å². The van der Waals surface area contributed by atoms with E-state index in [0.717, 1.165) is 43.3 Å². The molecule has 28 heavy (non-hydrogen) atoms. The van der Waals surface area contributed by atoms with E-state index in [-0.39, 0.29) is 12.1 Å². The molecule has 7 nitrogen and oxygen atoms in total. The minimum absolute atomic E-state index is 0.120. The third kappa shape index (κ3) is 5.03. The highest BCUT2D eigenvalue weighted by Gasteiger charge is 2.30. The van der Waals surface area contributed by atoms with Crippen molar-refractivity contribution in [3.63, 3.8) is 0 Å². The summed E-state index contributed by atoms with van der Waals surface area (Å²) in [6.07, 6.45) is 3.58. The second-order valence-corrected chi connectivity index (χ2v) is 8.08. The van der Waals surface area contributed by atoms with Crippen LogP contribution < -0.4 is 10.1 Å². The van der Waals surface area contributed by atoms with Crippen molar-refractivity contribution < 1.29 is 14.3 Å². The van der Waals surface area contributed by atoms with Gasteiger partial charge in [0.25, 0.3) is 5.88 Å². The normalized spacial score (nSPS) is 17.4. The molecule has 2 heterocycles. The number of likely N-dealkylation sites (tertiary alicyclic amines) is 1. The molecule has 1 fully saturated rings. The van der Waals surface area contributed by atoms with Gasteiger partial charge in [-0.15, -0.1) is 0 Å². The van der Waals surface area contributed by atoms with Crippen LogP contribution in [0.15, 0.2) is 24.3 Å². The molecule has 3 rings (SSSR count). The fourth-order valence-electron chi connectivity index (χ4n) is 3.40. The standard InChI is InChI=1S/C21H30N4O3/c1-21(2,3)28-20(26)25-13-8-7-9-15(25)12-14-27-19-18(22-4)23-16-10-5-6-11-17(16)24-19/h5-6,10-11,15H,7-9,12-14H2,1-4H3,(H,22,23)/t15-/m1/s1. The van der Waals surface area contributed by atoms with E-state index in [4.69, 9.17) is 9.47 Å². The van der Waals surface area contributed by atoms with E-state index >= 15 is 0 Å². The van der Waals surface area contributed by atoms with Crippen molar-refractivity contribution in [1.82, 2.24) is 14.9 Å². The molecule has 2 aromatic rings. The van der Waals surface area contributed by atoms with E-state index in [1.54, 1.807) is 7.05 Å². The summed E-state index contributed by atoms with van der Waals surface area (Å²) < 4.78 is 11.5. The second-order valence-electron chi connectivity index (χ2n) is 8.08. The van der Waals surface area contributed by atoms with Gasteiger partial charge in [0.15, 0.2) is 5.82 Å². The van der Waals surface area contributed by atoms with Crippen LogP contribution in [-0.4, -0.2) is 52.8 Å². The predicted molar refractivity (Wildman–Crippen MR) is 110 cm³/mol. The summed E-state index contributed by atoms with van der Waals surface area (Å²) in [5, 5.41) is 3.05. The van der Waals surface area contributed by atoms with Gasteiger partial charge in [0.05, 0.1) is 17.6 Å². The van der Waals surface area contributed by atoms with Crippen LogP contribution in [0.5, 0.6) is 5.88 Å². The van der Waals surface area contributed by atoms with Gasteiger partial charge in [-0.2, -0.15) is 0 Å².